The topological polar surface area (TPSA) is 84.9 Å². The SMILES string of the molecule is CCCCOc1ncccc1-c1ncc(-c2ccc(S(C)(=O)=O)cc2)[nH]1. The lowest BCUT2D eigenvalue weighted by Gasteiger charge is -2.08. The van der Waals surface area contributed by atoms with Gasteiger partial charge in [-0.25, -0.2) is 18.4 Å². The van der Waals surface area contributed by atoms with Gasteiger partial charge in [-0.1, -0.05) is 25.5 Å². The van der Waals surface area contributed by atoms with Crippen LogP contribution in [0.4, 0.5) is 0 Å². The van der Waals surface area contributed by atoms with Crippen LogP contribution in [0.5, 0.6) is 5.88 Å². The maximum absolute atomic E-state index is 11.6. The van der Waals surface area contributed by atoms with Gasteiger partial charge in [-0.05, 0) is 36.2 Å². The molecule has 0 aliphatic carbocycles. The summed E-state index contributed by atoms with van der Waals surface area (Å²) in [6, 6.07) is 10.4. The summed E-state index contributed by atoms with van der Waals surface area (Å²) in [5.41, 5.74) is 2.44. The van der Waals surface area contributed by atoms with Gasteiger partial charge in [-0.15, -0.1) is 0 Å². The van der Waals surface area contributed by atoms with Crippen LogP contribution in [0.3, 0.4) is 0 Å². The first kappa shape index (κ1) is 18.1. The number of aromatic amines is 1. The Hall–Kier alpha value is -2.67. The van der Waals surface area contributed by atoms with Gasteiger partial charge in [-0.3, -0.25) is 0 Å². The van der Waals surface area contributed by atoms with Crippen molar-refractivity contribution in [1.82, 2.24) is 15.0 Å². The van der Waals surface area contributed by atoms with E-state index in [0.717, 1.165) is 29.7 Å². The fraction of sp³-hybridized carbons (Fsp3) is 0.263. The van der Waals surface area contributed by atoms with Crippen molar-refractivity contribution in [2.45, 2.75) is 24.7 Å². The number of pyridine rings is 1. The fourth-order valence-corrected chi connectivity index (χ4v) is 3.12. The normalized spacial score (nSPS) is 11.5. The number of unbranched alkanes of at least 4 members (excludes halogenated alkanes) is 1. The van der Waals surface area contributed by atoms with E-state index < -0.39 is 9.84 Å². The highest BCUT2D eigenvalue weighted by Crippen LogP contribution is 2.28. The molecular weight excluding hydrogens is 350 g/mol. The lowest BCUT2D eigenvalue weighted by molar-refractivity contribution is 0.299. The molecule has 7 heteroatoms. The monoisotopic (exact) mass is 371 g/mol. The zero-order chi connectivity index (χ0) is 18.6. The van der Waals surface area contributed by atoms with Gasteiger partial charge in [0.25, 0.3) is 0 Å². The summed E-state index contributed by atoms with van der Waals surface area (Å²) in [5, 5.41) is 0. The van der Waals surface area contributed by atoms with Crippen molar-refractivity contribution in [3.8, 4) is 28.5 Å². The molecule has 0 aliphatic heterocycles. The fourth-order valence-electron chi connectivity index (χ4n) is 2.49. The summed E-state index contributed by atoms with van der Waals surface area (Å²) in [5.74, 6) is 1.21. The number of benzene rings is 1. The van der Waals surface area contributed by atoms with Crippen LogP contribution in [0.1, 0.15) is 19.8 Å². The number of sulfone groups is 1. The molecule has 0 amide bonds. The Morgan fingerprint density at radius 1 is 1.12 bits per heavy atom. The Morgan fingerprint density at radius 2 is 1.88 bits per heavy atom. The van der Waals surface area contributed by atoms with Crippen molar-refractivity contribution in [2.24, 2.45) is 0 Å². The summed E-state index contributed by atoms with van der Waals surface area (Å²) < 4.78 is 28.9. The summed E-state index contributed by atoms with van der Waals surface area (Å²) in [6.07, 6.45) is 6.62. The standard InChI is InChI=1S/C19H21N3O3S/c1-3-4-12-25-19-16(6-5-11-20-19)18-21-13-17(22-18)14-7-9-15(10-8-14)26(2,23)24/h5-11,13H,3-4,12H2,1-2H3,(H,21,22). The summed E-state index contributed by atoms with van der Waals surface area (Å²) in [6.45, 7) is 2.72. The third-order valence-electron chi connectivity index (χ3n) is 3.93. The van der Waals surface area contributed by atoms with E-state index in [1.807, 2.05) is 12.1 Å². The maximum Gasteiger partial charge on any atom is 0.224 e. The molecule has 0 unspecified atom stereocenters. The van der Waals surface area contributed by atoms with E-state index in [1.165, 1.54) is 6.26 Å². The van der Waals surface area contributed by atoms with Crippen LogP contribution in [-0.4, -0.2) is 36.2 Å². The van der Waals surface area contributed by atoms with Crippen LogP contribution in [0, 0.1) is 0 Å². The van der Waals surface area contributed by atoms with Gasteiger partial charge in [-0.2, -0.15) is 0 Å². The molecule has 2 aromatic heterocycles. The summed E-state index contributed by atoms with van der Waals surface area (Å²) in [4.78, 5) is 12.3. The van der Waals surface area contributed by atoms with Crippen LogP contribution in [0.2, 0.25) is 0 Å². The number of nitrogens with one attached hydrogen (secondary N) is 1. The number of rotatable bonds is 7. The zero-order valence-corrected chi connectivity index (χ0v) is 15.6. The molecule has 0 radical (unpaired) electrons. The molecule has 0 atom stereocenters. The molecule has 136 valence electrons. The molecule has 0 bridgehead atoms. The van der Waals surface area contributed by atoms with Gasteiger partial charge in [0.1, 0.15) is 5.82 Å². The van der Waals surface area contributed by atoms with Gasteiger partial charge >= 0.3 is 0 Å². The maximum atomic E-state index is 11.6. The van der Waals surface area contributed by atoms with E-state index in [4.69, 9.17) is 4.74 Å². The molecule has 3 aromatic rings. The Labute approximate surface area is 153 Å². The first-order valence-electron chi connectivity index (χ1n) is 8.42. The second-order valence-electron chi connectivity index (χ2n) is 6.00. The van der Waals surface area contributed by atoms with E-state index in [2.05, 4.69) is 21.9 Å². The lowest BCUT2D eigenvalue weighted by atomic mass is 10.2. The molecule has 0 saturated heterocycles. The molecular formula is C19H21N3O3S. The molecule has 0 aliphatic rings. The summed E-state index contributed by atoms with van der Waals surface area (Å²) >= 11 is 0. The largest absolute Gasteiger partial charge is 0.477 e. The highest BCUT2D eigenvalue weighted by atomic mass is 32.2. The van der Waals surface area contributed by atoms with Crippen molar-refractivity contribution in [3.05, 3.63) is 48.8 Å². The number of aromatic nitrogens is 3. The van der Waals surface area contributed by atoms with Crippen molar-refractivity contribution >= 4 is 9.84 Å². The molecule has 6 nitrogen and oxygen atoms in total. The molecule has 2 heterocycles. The molecule has 1 aromatic carbocycles. The van der Waals surface area contributed by atoms with E-state index >= 15 is 0 Å². The average Bonchev–Trinajstić information content (AvgIpc) is 3.12. The van der Waals surface area contributed by atoms with Gasteiger partial charge in [0, 0.05) is 12.5 Å². The van der Waals surface area contributed by atoms with Crippen LogP contribution in [-0.2, 0) is 9.84 Å². The van der Waals surface area contributed by atoms with Crippen LogP contribution in [0.25, 0.3) is 22.6 Å². The predicted molar refractivity (Wildman–Crippen MR) is 101 cm³/mol. The minimum atomic E-state index is -3.21. The number of hydrogen-bond donors (Lipinski definition) is 1. The Kier molecular flexibility index (Phi) is 5.37. The van der Waals surface area contributed by atoms with E-state index in [1.54, 1.807) is 36.7 Å². The van der Waals surface area contributed by atoms with Gasteiger partial charge < -0.3 is 9.72 Å². The molecule has 0 saturated carbocycles. The Bertz CT molecular complexity index is 979. The molecule has 26 heavy (non-hydrogen) atoms. The van der Waals surface area contributed by atoms with Crippen LogP contribution in [0.15, 0.2) is 53.7 Å². The number of imidazole rings is 1. The first-order chi connectivity index (χ1) is 12.5. The number of ether oxygens (including phenoxy) is 1. The lowest BCUT2D eigenvalue weighted by Crippen LogP contribution is -2.00. The minimum absolute atomic E-state index is 0.292. The highest BCUT2D eigenvalue weighted by Gasteiger charge is 2.13. The van der Waals surface area contributed by atoms with Crippen molar-refractivity contribution in [2.75, 3.05) is 12.9 Å². The quantitative estimate of drug-likeness (QED) is 0.640. The molecule has 1 N–H and O–H groups in total. The number of hydrogen-bond acceptors (Lipinski definition) is 5. The minimum Gasteiger partial charge on any atom is -0.477 e. The first-order valence-corrected chi connectivity index (χ1v) is 10.3. The second kappa shape index (κ2) is 7.70. The van der Waals surface area contributed by atoms with Crippen LogP contribution < -0.4 is 4.74 Å². The van der Waals surface area contributed by atoms with Crippen molar-refractivity contribution in [3.63, 3.8) is 0 Å². The van der Waals surface area contributed by atoms with Gasteiger partial charge in [0.05, 0.1) is 29.0 Å². The molecule has 0 fully saturated rings. The zero-order valence-electron chi connectivity index (χ0n) is 14.8. The van der Waals surface area contributed by atoms with Gasteiger partial charge in [0.2, 0.25) is 5.88 Å². The smallest absolute Gasteiger partial charge is 0.224 e. The van der Waals surface area contributed by atoms with E-state index in [-0.39, 0.29) is 0 Å². The third kappa shape index (κ3) is 4.11. The highest BCUT2D eigenvalue weighted by molar-refractivity contribution is 7.90. The molecule has 3 rings (SSSR count). The van der Waals surface area contributed by atoms with Crippen molar-refractivity contribution < 1.29 is 13.2 Å². The van der Waals surface area contributed by atoms with Crippen molar-refractivity contribution in [1.29, 1.82) is 0 Å². The Balaban J connectivity index is 1.86. The van der Waals surface area contributed by atoms with Crippen LogP contribution >= 0.6 is 0 Å². The second-order valence-corrected chi connectivity index (χ2v) is 8.02. The van der Waals surface area contributed by atoms with Gasteiger partial charge in [0.15, 0.2) is 9.84 Å². The average molecular weight is 371 g/mol. The molecule has 0 spiro atoms. The van der Waals surface area contributed by atoms with E-state index in [0.29, 0.717) is 23.2 Å². The predicted octanol–water partition coefficient (Wildman–Crippen LogP) is 3.72. The Morgan fingerprint density at radius 3 is 2.58 bits per heavy atom. The summed E-state index contributed by atoms with van der Waals surface area (Å²) in [7, 11) is -3.21. The van der Waals surface area contributed by atoms with E-state index in [9.17, 15) is 8.42 Å². The number of H-pyrrole nitrogens is 1. The number of nitrogens with zero attached hydrogens (tertiary/aromatic N) is 2. The third-order valence-corrected chi connectivity index (χ3v) is 5.06.